The van der Waals surface area contributed by atoms with E-state index >= 15 is 0 Å². The molecule has 1 N–H and O–H groups in total. The van der Waals surface area contributed by atoms with Gasteiger partial charge in [-0.1, -0.05) is 30.3 Å². The monoisotopic (exact) mass is 436 g/mol. The average molecular weight is 437 g/mol. The lowest BCUT2D eigenvalue weighted by Gasteiger charge is -2.35. The van der Waals surface area contributed by atoms with Crippen molar-refractivity contribution in [2.75, 3.05) is 37.3 Å². The van der Waals surface area contributed by atoms with Crippen LogP contribution in [0.3, 0.4) is 0 Å². The van der Waals surface area contributed by atoms with E-state index in [4.69, 9.17) is 0 Å². The summed E-state index contributed by atoms with van der Waals surface area (Å²) in [6, 6.07) is 13.3. The zero-order valence-electron chi connectivity index (χ0n) is 17.5. The van der Waals surface area contributed by atoms with Crippen LogP contribution in [0.15, 0.2) is 47.3 Å². The van der Waals surface area contributed by atoms with Crippen LogP contribution in [0.25, 0.3) is 11.3 Å². The molecule has 3 aromatic rings. The second-order valence-corrected chi connectivity index (χ2v) is 8.18. The molecule has 160 valence electrons. The Hall–Kier alpha value is -3.20. The molecule has 1 fully saturated rings. The first-order valence-electron chi connectivity index (χ1n) is 10.1. The number of aromatic amines is 1. The molecule has 1 aromatic carbocycles. The molecule has 0 unspecified atom stereocenters. The largest absolute Gasteiger partial charge is 0.353 e. The minimum Gasteiger partial charge on any atom is -0.353 e. The molecule has 3 heterocycles. The van der Waals surface area contributed by atoms with Gasteiger partial charge in [-0.15, -0.1) is 0 Å². The minimum absolute atomic E-state index is 0.200. The van der Waals surface area contributed by atoms with E-state index in [0.29, 0.717) is 43.6 Å². The molecular weight excluding hydrogens is 412 g/mol. The van der Waals surface area contributed by atoms with Crippen LogP contribution in [0, 0.1) is 6.92 Å². The maximum Gasteiger partial charge on any atom is 0.272 e. The van der Waals surface area contributed by atoms with Gasteiger partial charge in [0.05, 0.1) is 11.4 Å². The molecule has 31 heavy (non-hydrogen) atoms. The van der Waals surface area contributed by atoms with Gasteiger partial charge in [-0.2, -0.15) is 11.8 Å². The Bertz CT molecular complexity index is 1130. The van der Waals surface area contributed by atoms with Crippen LogP contribution in [0.5, 0.6) is 0 Å². The highest BCUT2D eigenvalue weighted by molar-refractivity contribution is 7.97. The molecule has 1 saturated heterocycles. The Morgan fingerprint density at radius 3 is 2.52 bits per heavy atom. The van der Waals surface area contributed by atoms with Gasteiger partial charge in [0.15, 0.2) is 0 Å². The molecule has 9 heteroatoms. The molecule has 4 rings (SSSR count). The van der Waals surface area contributed by atoms with Crippen molar-refractivity contribution in [1.82, 2.24) is 24.8 Å². The SMILES string of the molecule is CSCc1nc(C(=O)N2CCN(c3cc(-c4ccccc4)nc(C)n3)CC2)cc(=O)[nH]1. The molecule has 1 aliphatic rings. The number of thioether (sulfide) groups is 1. The number of carbonyl (C=O) groups is 1. The van der Waals surface area contributed by atoms with E-state index in [-0.39, 0.29) is 17.2 Å². The smallest absolute Gasteiger partial charge is 0.272 e. The van der Waals surface area contributed by atoms with Crippen molar-refractivity contribution in [2.24, 2.45) is 0 Å². The highest BCUT2D eigenvalue weighted by atomic mass is 32.2. The molecule has 2 aromatic heterocycles. The second-order valence-electron chi connectivity index (χ2n) is 7.31. The Morgan fingerprint density at radius 2 is 1.81 bits per heavy atom. The van der Waals surface area contributed by atoms with Gasteiger partial charge in [-0.05, 0) is 13.2 Å². The highest BCUT2D eigenvalue weighted by Crippen LogP contribution is 2.23. The van der Waals surface area contributed by atoms with Gasteiger partial charge in [0.25, 0.3) is 11.5 Å². The number of aryl methyl sites for hydroxylation is 1. The van der Waals surface area contributed by atoms with Crippen molar-refractivity contribution in [3.63, 3.8) is 0 Å². The number of benzene rings is 1. The molecule has 0 saturated carbocycles. The number of amides is 1. The normalized spacial score (nSPS) is 14.0. The van der Waals surface area contributed by atoms with Gasteiger partial charge >= 0.3 is 0 Å². The van der Waals surface area contributed by atoms with Crippen molar-refractivity contribution in [2.45, 2.75) is 12.7 Å². The predicted octanol–water partition coefficient (Wildman–Crippen LogP) is 2.36. The van der Waals surface area contributed by atoms with E-state index in [9.17, 15) is 9.59 Å². The lowest BCUT2D eigenvalue weighted by molar-refractivity contribution is 0.0740. The van der Waals surface area contributed by atoms with Gasteiger partial charge in [0.1, 0.15) is 23.2 Å². The van der Waals surface area contributed by atoms with Gasteiger partial charge < -0.3 is 14.8 Å². The van der Waals surface area contributed by atoms with Crippen LogP contribution in [-0.2, 0) is 5.75 Å². The van der Waals surface area contributed by atoms with Crippen LogP contribution in [0.2, 0.25) is 0 Å². The lowest BCUT2D eigenvalue weighted by atomic mass is 10.1. The highest BCUT2D eigenvalue weighted by Gasteiger charge is 2.25. The number of anilines is 1. The number of nitrogens with zero attached hydrogens (tertiary/aromatic N) is 5. The summed E-state index contributed by atoms with van der Waals surface area (Å²) in [5, 5.41) is 0. The fourth-order valence-corrected chi connectivity index (χ4v) is 4.00. The number of aromatic nitrogens is 4. The second kappa shape index (κ2) is 9.30. The summed E-state index contributed by atoms with van der Waals surface area (Å²) in [5.41, 5.74) is 1.83. The number of rotatable bonds is 5. The molecular formula is C22H24N6O2S. The van der Waals surface area contributed by atoms with Gasteiger partial charge in [-0.3, -0.25) is 9.59 Å². The summed E-state index contributed by atoms with van der Waals surface area (Å²) < 4.78 is 0. The minimum atomic E-state index is -0.300. The topological polar surface area (TPSA) is 95.1 Å². The summed E-state index contributed by atoms with van der Waals surface area (Å²) in [7, 11) is 0. The van der Waals surface area contributed by atoms with Crippen molar-refractivity contribution in [3.05, 3.63) is 70.2 Å². The van der Waals surface area contributed by atoms with Crippen LogP contribution >= 0.6 is 11.8 Å². The third kappa shape index (κ3) is 4.93. The summed E-state index contributed by atoms with van der Waals surface area (Å²) in [6.45, 7) is 4.26. The van der Waals surface area contributed by atoms with E-state index in [1.54, 1.807) is 16.7 Å². The third-order valence-corrected chi connectivity index (χ3v) is 5.64. The molecule has 0 aliphatic carbocycles. The zero-order chi connectivity index (χ0) is 21.8. The number of H-pyrrole nitrogens is 1. The van der Waals surface area contributed by atoms with E-state index < -0.39 is 0 Å². The zero-order valence-corrected chi connectivity index (χ0v) is 18.4. The quantitative estimate of drug-likeness (QED) is 0.656. The standard InChI is InChI=1S/C22H24N6O2S/c1-15-23-17(16-6-4-3-5-7-16)12-20(24-15)27-8-10-28(11-9-27)22(30)18-13-21(29)26-19(25-18)14-31-2/h3-7,12-13H,8-11,14H2,1-2H3,(H,25,26,29). The molecule has 8 nitrogen and oxygen atoms in total. The van der Waals surface area contributed by atoms with Crippen LogP contribution < -0.4 is 10.5 Å². The van der Waals surface area contributed by atoms with Crippen LogP contribution in [0.4, 0.5) is 5.82 Å². The van der Waals surface area contributed by atoms with Gasteiger partial charge in [0.2, 0.25) is 0 Å². The molecule has 0 spiro atoms. The van der Waals surface area contributed by atoms with Crippen molar-refractivity contribution < 1.29 is 4.79 Å². The van der Waals surface area contributed by atoms with Gasteiger partial charge in [0, 0.05) is 43.9 Å². The summed E-state index contributed by atoms with van der Waals surface area (Å²) in [6.07, 6.45) is 1.92. The molecule has 1 amide bonds. The van der Waals surface area contributed by atoms with Crippen LogP contribution in [-0.4, -0.2) is 63.2 Å². The summed E-state index contributed by atoms with van der Waals surface area (Å²) >= 11 is 1.54. The Labute approximate surface area is 184 Å². The maximum atomic E-state index is 12.9. The lowest BCUT2D eigenvalue weighted by Crippen LogP contribution is -2.49. The molecule has 1 aliphatic heterocycles. The molecule has 0 bridgehead atoms. The third-order valence-electron chi connectivity index (χ3n) is 5.08. The fourth-order valence-electron chi connectivity index (χ4n) is 3.59. The maximum absolute atomic E-state index is 12.9. The van der Waals surface area contributed by atoms with Crippen molar-refractivity contribution >= 4 is 23.5 Å². The first-order chi connectivity index (χ1) is 15.0. The predicted molar refractivity (Wildman–Crippen MR) is 122 cm³/mol. The van der Waals surface area contributed by atoms with Crippen molar-refractivity contribution in [1.29, 1.82) is 0 Å². The number of hydrogen-bond acceptors (Lipinski definition) is 7. The number of carbonyl (C=O) groups excluding carboxylic acids is 1. The Morgan fingerprint density at radius 1 is 1.06 bits per heavy atom. The van der Waals surface area contributed by atoms with Crippen LogP contribution in [0.1, 0.15) is 22.1 Å². The first-order valence-corrected chi connectivity index (χ1v) is 11.5. The Kier molecular flexibility index (Phi) is 6.31. The average Bonchev–Trinajstić information content (AvgIpc) is 2.79. The van der Waals surface area contributed by atoms with E-state index in [2.05, 4.69) is 24.8 Å². The number of piperazine rings is 1. The van der Waals surface area contributed by atoms with E-state index in [1.807, 2.05) is 49.6 Å². The Balaban J connectivity index is 1.47. The summed E-state index contributed by atoms with van der Waals surface area (Å²) in [4.78, 5) is 44.9. The fraction of sp³-hybridized carbons (Fsp3) is 0.318. The summed E-state index contributed by atoms with van der Waals surface area (Å²) in [5.74, 6) is 2.43. The number of hydrogen-bond donors (Lipinski definition) is 1. The van der Waals surface area contributed by atoms with Crippen molar-refractivity contribution in [3.8, 4) is 11.3 Å². The van der Waals surface area contributed by atoms with Gasteiger partial charge in [-0.25, -0.2) is 15.0 Å². The van der Waals surface area contributed by atoms with E-state index in [0.717, 1.165) is 17.1 Å². The molecule has 0 radical (unpaired) electrons. The van der Waals surface area contributed by atoms with E-state index in [1.165, 1.54) is 6.07 Å². The first kappa shape index (κ1) is 21.0. The molecule has 0 atom stereocenters. The number of nitrogens with one attached hydrogen (secondary N) is 1.